The molecule has 4 aliphatic rings. The van der Waals surface area contributed by atoms with Crippen LogP contribution in [0.2, 0.25) is 5.02 Å². The fourth-order valence-electron chi connectivity index (χ4n) is 6.90. The van der Waals surface area contributed by atoms with Gasteiger partial charge in [0.05, 0.1) is 11.1 Å². The Kier molecular flexibility index (Phi) is 6.04. The van der Waals surface area contributed by atoms with Gasteiger partial charge in [-0.1, -0.05) is 25.4 Å². The van der Waals surface area contributed by atoms with Crippen LogP contribution in [0, 0.1) is 23.1 Å². The van der Waals surface area contributed by atoms with Crippen LogP contribution < -0.4 is 10.5 Å². The average molecular weight is 501 g/mol. The Balaban J connectivity index is 1.62. The van der Waals surface area contributed by atoms with Crippen LogP contribution in [-0.2, 0) is 16.8 Å². The van der Waals surface area contributed by atoms with E-state index in [0.717, 1.165) is 43.6 Å². The van der Waals surface area contributed by atoms with Crippen LogP contribution in [-0.4, -0.2) is 36.7 Å². The fourth-order valence-corrected chi connectivity index (χ4v) is 7.18. The third-order valence-corrected chi connectivity index (χ3v) is 8.59. The Morgan fingerprint density at radius 2 is 1.89 bits per heavy atom. The highest BCUT2D eigenvalue weighted by atomic mass is 35.5. The number of piperidine rings is 3. The van der Waals surface area contributed by atoms with E-state index in [2.05, 4.69) is 18.7 Å². The molecular formula is C28H34ClFN2O3. The second kappa shape index (κ2) is 8.67. The number of rotatable bonds is 5. The summed E-state index contributed by atoms with van der Waals surface area (Å²) < 4.78 is 27.7. The van der Waals surface area contributed by atoms with Gasteiger partial charge in [-0.25, -0.2) is 9.18 Å². The van der Waals surface area contributed by atoms with Crippen molar-refractivity contribution in [3.63, 3.8) is 0 Å². The largest absolute Gasteiger partial charge is 0.491 e. The highest BCUT2D eigenvalue weighted by Crippen LogP contribution is 2.61. The molecule has 2 aromatic rings. The van der Waals surface area contributed by atoms with Gasteiger partial charge in [0.1, 0.15) is 17.2 Å². The van der Waals surface area contributed by atoms with Crippen LogP contribution in [0.25, 0.3) is 11.1 Å². The van der Waals surface area contributed by atoms with E-state index in [1.54, 1.807) is 18.2 Å². The van der Waals surface area contributed by atoms with E-state index in [1.165, 1.54) is 0 Å². The van der Waals surface area contributed by atoms with Crippen molar-refractivity contribution in [2.45, 2.75) is 58.7 Å². The second-order valence-corrected chi connectivity index (χ2v) is 11.7. The molecule has 0 spiro atoms. The first-order valence-corrected chi connectivity index (χ1v) is 12.9. The van der Waals surface area contributed by atoms with Crippen molar-refractivity contribution in [3.8, 4) is 16.9 Å². The molecule has 2 aromatic carbocycles. The predicted molar refractivity (Wildman–Crippen MR) is 135 cm³/mol. The van der Waals surface area contributed by atoms with Crippen LogP contribution in [0.5, 0.6) is 5.75 Å². The van der Waals surface area contributed by atoms with E-state index < -0.39 is 17.1 Å². The lowest BCUT2D eigenvalue weighted by atomic mass is 9.60. The Labute approximate surface area is 211 Å². The molecule has 1 aliphatic carbocycles. The van der Waals surface area contributed by atoms with Gasteiger partial charge in [-0.2, -0.15) is 0 Å². The fraction of sp³-hybridized carbons (Fsp3) is 0.536. The molecule has 2 N–H and O–H groups in total. The number of nitrogens with zero attached hydrogens (tertiary/aromatic N) is 1. The van der Waals surface area contributed by atoms with E-state index in [0.29, 0.717) is 34.2 Å². The van der Waals surface area contributed by atoms with Crippen molar-refractivity contribution < 1.29 is 18.7 Å². The monoisotopic (exact) mass is 500 g/mol. The number of benzene rings is 2. The zero-order valence-electron chi connectivity index (χ0n) is 20.9. The van der Waals surface area contributed by atoms with Crippen molar-refractivity contribution in [3.05, 3.63) is 52.3 Å². The van der Waals surface area contributed by atoms with Crippen LogP contribution in [0.3, 0.4) is 0 Å². The van der Waals surface area contributed by atoms with Crippen molar-refractivity contribution in [2.24, 2.45) is 23.0 Å². The first-order chi connectivity index (χ1) is 16.5. The molecule has 2 atom stereocenters. The van der Waals surface area contributed by atoms with Crippen molar-refractivity contribution in [1.82, 2.24) is 4.90 Å². The van der Waals surface area contributed by atoms with Gasteiger partial charge in [0.2, 0.25) is 0 Å². The average Bonchev–Trinajstić information content (AvgIpc) is 2.99. The standard InChI is InChI=1S/C28H34ClFN2O3/c1-16(2)34-19-5-6-20(24(29)12-19)21-11-18-14-27(3,4)28(35-26(31)33,22(18)13-25(21)30)23-15-32-9-7-17(23)8-10-32/h5-6,11-13,16-17,23H,7-10,14-15H2,1-4H3,(H2,31,33)/t23-,28-/m1/s1. The first kappa shape index (κ1) is 24.4. The van der Waals surface area contributed by atoms with Gasteiger partial charge in [0, 0.05) is 34.6 Å². The van der Waals surface area contributed by atoms with Crippen LogP contribution in [0.4, 0.5) is 9.18 Å². The molecule has 0 aromatic heterocycles. The quantitative estimate of drug-likeness (QED) is 0.535. The summed E-state index contributed by atoms with van der Waals surface area (Å²) in [7, 11) is 0. The molecule has 2 bridgehead atoms. The van der Waals surface area contributed by atoms with Gasteiger partial charge < -0.3 is 20.1 Å². The highest BCUT2D eigenvalue weighted by Gasteiger charge is 2.63. The summed E-state index contributed by atoms with van der Waals surface area (Å²) in [5, 5.41) is 0.427. The molecule has 1 amide bonds. The lowest BCUT2D eigenvalue weighted by molar-refractivity contribution is -0.157. The maximum Gasteiger partial charge on any atom is 0.405 e. The summed E-state index contributed by atoms with van der Waals surface area (Å²) in [5.41, 5.74) is 7.01. The number of hydrogen-bond donors (Lipinski definition) is 1. The number of amides is 1. The summed E-state index contributed by atoms with van der Waals surface area (Å²) in [6.07, 6.45) is 1.97. The molecule has 0 unspecified atom stereocenters. The molecule has 3 fully saturated rings. The predicted octanol–water partition coefficient (Wildman–Crippen LogP) is 6.15. The number of carbonyl (C=O) groups excluding carboxylic acids is 1. The van der Waals surface area contributed by atoms with Crippen molar-refractivity contribution in [1.29, 1.82) is 0 Å². The Morgan fingerprint density at radius 3 is 2.46 bits per heavy atom. The molecule has 3 aliphatic heterocycles. The number of halogens is 2. The second-order valence-electron chi connectivity index (χ2n) is 11.3. The molecule has 188 valence electrons. The number of fused-ring (bicyclic) bond motifs is 4. The summed E-state index contributed by atoms with van der Waals surface area (Å²) in [6.45, 7) is 11.0. The number of nitrogens with two attached hydrogens (primary N) is 1. The van der Waals surface area contributed by atoms with Gasteiger partial charge in [0.25, 0.3) is 0 Å². The molecular weight excluding hydrogens is 467 g/mol. The van der Waals surface area contributed by atoms with E-state index in [1.807, 2.05) is 26.0 Å². The molecule has 35 heavy (non-hydrogen) atoms. The van der Waals surface area contributed by atoms with Gasteiger partial charge in [-0.3, -0.25) is 0 Å². The number of hydrogen-bond acceptors (Lipinski definition) is 4. The molecule has 3 heterocycles. The van der Waals surface area contributed by atoms with Gasteiger partial charge in [0.15, 0.2) is 0 Å². The lowest BCUT2D eigenvalue weighted by Crippen LogP contribution is -2.60. The Hall–Kier alpha value is -2.31. The van der Waals surface area contributed by atoms with Crippen molar-refractivity contribution >= 4 is 17.7 Å². The maximum absolute atomic E-state index is 15.8. The van der Waals surface area contributed by atoms with Crippen molar-refractivity contribution in [2.75, 3.05) is 19.6 Å². The highest BCUT2D eigenvalue weighted by molar-refractivity contribution is 6.33. The number of primary amides is 1. The molecule has 0 saturated carbocycles. The molecule has 6 rings (SSSR count). The van der Waals surface area contributed by atoms with Crippen LogP contribution in [0.1, 0.15) is 51.7 Å². The normalized spacial score (nSPS) is 28.7. The molecule has 5 nitrogen and oxygen atoms in total. The van der Waals surface area contributed by atoms with Gasteiger partial charge in [-0.15, -0.1) is 0 Å². The summed E-state index contributed by atoms with van der Waals surface area (Å²) in [6, 6.07) is 8.77. The third-order valence-electron chi connectivity index (χ3n) is 8.27. The van der Waals surface area contributed by atoms with E-state index in [4.69, 9.17) is 26.8 Å². The minimum absolute atomic E-state index is 0.0145. The Morgan fingerprint density at radius 1 is 1.17 bits per heavy atom. The van der Waals surface area contributed by atoms with Gasteiger partial charge >= 0.3 is 6.09 Å². The minimum Gasteiger partial charge on any atom is -0.491 e. The van der Waals surface area contributed by atoms with E-state index in [-0.39, 0.29) is 17.8 Å². The smallest absolute Gasteiger partial charge is 0.405 e. The zero-order valence-corrected chi connectivity index (χ0v) is 21.6. The SMILES string of the molecule is CC(C)Oc1ccc(-c2cc3c(cc2F)[C@@](OC(N)=O)([C@@H]2CN4CCC2CC4)C(C)(C)C3)c(Cl)c1. The number of ether oxygens (including phenoxy) is 2. The summed E-state index contributed by atoms with van der Waals surface area (Å²) in [5.74, 6) is 0.734. The van der Waals surface area contributed by atoms with Gasteiger partial charge in [-0.05, 0) is 88.0 Å². The van der Waals surface area contributed by atoms with E-state index in [9.17, 15) is 4.79 Å². The third kappa shape index (κ3) is 3.99. The number of carbonyl (C=O) groups is 1. The molecule has 7 heteroatoms. The molecule has 0 radical (unpaired) electrons. The Bertz CT molecular complexity index is 1160. The van der Waals surface area contributed by atoms with E-state index >= 15 is 4.39 Å². The first-order valence-electron chi connectivity index (χ1n) is 12.5. The minimum atomic E-state index is -0.976. The maximum atomic E-state index is 15.8. The van der Waals surface area contributed by atoms with Crippen LogP contribution >= 0.6 is 11.6 Å². The zero-order chi connectivity index (χ0) is 25.1. The molecule has 3 saturated heterocycles. The summed E-state index contributed by atoms with van der Waals surface area (Å²) >= 11 is 6.58. The van der Waals surface area contributed by atoms with Crippen LogP contribution in [0.15, 0.2) is 30.3 Å². The topological polar surface area (TPSA) is 64.8 Å². The lowest BCUT2D eigenvalue weighted by Gasteiger charge is -2.55. The summed E-state index contributed by atoms with van der Waals surface area (Å²) in [4.78, 5) is 14.7.